The number of methoxy groups -OCH3 is 3. The monoisotopic (exact) mass is 407 g/mol. The highest BCUT2D eigenvalue weighted by Crippen LogP contribution is 2.52. The van der Waals surface area contributed by atoms with Crippen molar-refractivity contribution < 1.29 is 18.6 Å². The van der Waals surface area contributed by atoms with Crippen molar-refractivity contribution in [2.45, 2.75) is 12.3 Å². The number of rotatable bonds is 4. The summed E-state index contributed by atoms with van der Waals surface area (Å²) in [6.45, 7) is 4.04. The summed E-state index contributed by atoms with van der Waals surface area (Å²) in [7, 11) is 4.68. The molecule has 1 atom stereocenters. The van der Waals surface area contributed by atoms with Crippen LogP contribution in [0.2, 0.25) is 0 Å². The molecular formula is C19H19BrFNO3. The van der Waals surface area contributed by atoms with E-state index in [0.29, 0.717) is 29.2 Å². The number of hydrogen-bond donors (Lipinski definition) is 1. The molecule has 132 valence electrons. The first-order valence-corrected chi connectivity index (χ1v) is 8.52. The molecule has 0 spiro atoms. The molecule has 25 heavy (non-hydrogen) atoms. The van der Waals surface area contributed by atoms with Crippen LogP contribution in [0.1, 0.15) is 23.5 Å². The maximum absolute atomic E-state index is 14.6. The minimum Gasteiger partial charge on any atom is -0.493 e. The molecule has 0 aliphatic carbocycles. The van der Waals surface area contributed by atoms with Crippen molar-refractivity contribution in [2.75, 3.05) is 26.6 Å². The quantitative estimate of drug-likeness (QED) is 0.767. The number of fused-ring (bicyclic) bond motifs is 1. The molecule has 0 fully saturated rings. The van der Waals surface area contributed by atoms with Gasteiger partial charge >= 0.3 is 0 Å². The van der Waals surface area contributed by atoms with Crippen LogP contribution in [0.5, 0.6) is 17.2 Å². The highest BCUT2D eigenvalue weighted by molar-refractivity contribution is 9.10. The molecule has 0 amide bonds. The number of allylic oxidation sites excluding steroid dienone is 1. The molecule has 0 bridgehead atoms. The number of ether oxygens (including phenoxy) is 3. The maximum atomic E-state index is 14.6. The van der Waals surface area contributed by atoms with E-state index in [-0.39, 0.29) is 11.7 Å². The van der Waals surface area contributed by atoms with Gasteiger partial charge in [-0.2, -0.15) is 0 Å². The van der Waals surface area contributed by atoms with Gasteiger partial charge < -0.3 is 19.5 Å². The molecule has 1 aliphatic heterocycles. The van der Waals surface area contributed by atoms with Gasteiger partial charge in [-0.3, -0.25) is 0 Å². The second-order valence-electron chi connectivity index (χ2n) is 5.76. The first-order valence-electron chi connectivity index (χ1n) is 7.72. The van der Waals surface area contributed by atoms with Crippen LogP contribution in [-0.4, -0.2) is 21.3 Å². The highest BCUT2D eigenvalue weighted by Gasteiger charge is 2.33. The zero-order chi connectivity index (χ0) is 18.1. The molecule has 2 aromatic rings. The fourth-order valence-corrected chi connectivity index (χ4v) is 3.64. The summed E-state index contributed by atoms with van der Waals surface area (Å²) in [6, 6.07) is 6.75. The van der Waals surface area contributed by atoms with E-state index in [9.17, 15) is 4.39 Å². The number of hydrogen-bond acceptors (Lipinski definition) is 4. The fourth-order valence-electron chi connectivity index (χ4n) is 3.26. The van der Waals surface area contributed by atoms with Crippen molar-refractivity contribution in [1.82, 2.24) is 0 Å². The lowest BCUT2D eigenvalue weighted by Crippen LogP contribution is -2.18. The average Bonchev–Trinajstić information content (AvgIpc) is 2.61. The average molecular weight is 408 g/mol. The van der Waals surface area contributed by atoms with E-state index >= 15 is 0 Å². The highest BCUT2D eigenvalue weighted by atomic mass is 79.9. The van der Waals surface area contributed by atoms with Gasteiger partial charge in [0.25, 0.3) is 0 Å². The Kier molecular flexibility index (Phi) is 4.90. The van der Waals surface area contributed by atoms with Crippen LogP contribution in [0.3, 0.4) is 0 Å². The van der Waals surface area contributed by atoms with E-state index in [1.165, 1.54) is 6.07 Å². The van der Waals surface area contributed by atoms with E-state index in [2.05, 4.69) is 27.8 Å². The predicted molar refractivity (Wildman–Crippen MR) is 99.4 cm³/mol. The minimum absolute atomic E-state index is 0.254. The second-order valence-corrected chi connectivity index (χ2v) is 6.67. The normalized spacial score (nSPS) is 16.0. The molecule has 4 nitrogen and oxygen atoms in total. The first kappa shape index (κ1) is 17.6. The molecule has 0 aromatic heterocycles. The van der Waals surface area contributed by atoms with Gasteiger partial charge in [0.05, 0.1) is 21.3 Å². The molecule has 1 aliphatic rings. The Hall–Kier alpha value is -2.21. The molecule has 6 heteroatoms. The van der Waals surface area contributed by atoms with Crippen molar-refractivity contribution in [3.05, 3.63) is 58.0 Å². The van der Waals surface area contributed by atoms with E-state index in [1.54, 1.807) is 33.5 Å². The van der Waals surface area contributed by atoms with Crippen LogP contribution < -0.4 is 19.5 Å². The molecule has 0 saturated heterocycles. The van der Waals surface area contributed by atoms with Gasteiger partial charge in [0.15, 0.2) is 11.5 Å². The molecule has 1 heterocycles. The molecule has 0 saturated carbocycles. The molecule has 3 rings (SSSR count). The Morgan fingerprint density at radius 3 is 2.48 bits per heavy atom. The van der Waals surface area contributed by atoms with E-state index in [4.69, 9.17) is 14.2 Å². The predicted octanol–water partition coefficient (Wildman–Crippen LogP) is 5.08. The summed E-state index contributed by atoms with van der Waals surface area (Å²) in [5.41, 5.74) is 2.97. The lowest BCUT2D eigenvalue weighted by molar-refractivity contribution is 0.321. The number of anilines is 1. The van der Waals surface area contributed by atoms with Crippen LogP contribution in [0.25, 0.3) is 0 Å². The number of benzene rings is 2. The van der Waals surface area contributed by atoms with Gasteiger partial charge in [-0.05, 0) is 30.2 Å². The third kappa shape index (κ3) is 3.06. The Labute approximate surface area is 154 Å². The topological polar surface area (TPSA) is 39.7 Å². The zero-order valence-electron chi connectivity index (χ0n) is 14.3. The van der Waals surface area contributed by atoms with Gasteiger partial charge in [0.2, 0.25) is 5.75 Å². The molecule has 0 radical (unpaired) electrons. The SMILES string of the molecule is C=C1CC(c2cc(Br)ccc2F)c2c(cc(OC)c(OC)c2OC)N1. The fraction of sp³-hybridized carbons (Fsp3) is 0.263. The summed E-state index contributed by atoms with van der Waals surface area (Å²) in [5, 5.41) is 3.25. The van der Waals surface area contributed by atoms with Crippen LogP contribution in [0.15, 0.2) is 41.0 Å². The van der Waals surface area contributed by atoms with Crippen molar-refractivity contribution in [3.63, 3.8) is 0 Å². The lowest BCUT2D eigenvalue weighted by atomic mass is 9.82. The second kappa shape index (κ2) is 6.96. The van der Waals surface area contributed by atoms with Gasteiger partial charge in [-0.25, -0.2) is 4.39 Å². The smallest absolute Gasteiger partial charge is 0.203 e. The van der Waals surface area contributed by atoms with Gasteiger partial charge in [0.1, 0.15) is 5.82 Å². The number of halogens is 2. The third-order valence-electron chi connectivity index (χ3n) is 4.31. The third-order valence-corrected chi connectivity index (χ3v) is 4.81. The van der Waals surface area contributed by atoms with Crippen LogP contribution >= 0.6 is 15.9 Å². The Bertz CT molecular complexity index is 838. The maximum Gasteiger partial charge on any atom is 0.203 e. The summed E-state index contributed by atoms with van der Waals surface area (Å²) >= 11 is 3.42. The Morgan fingerprint density at radius 1 is 1.12 bits per heavy atom. The standard InChI is InChI=1S/C19H19BrFNO3/c1-10-7-13(12-8-11(20)5-6-14(12)21)17-15(22-10)9-16(23-2)18(24-3)19(17)25-4/h5-6,8-9,13,22H,1,7H2,2-4H3. The molecule has 1 N–H and O–H groups in total. The minimum atomic E-state index is -0.273. The zero-order valence-corrected chi connectivity index (χ0v) is 15.9. The van der Waals surface area contributed by atoms with E-state index in [1.807, 2.05) is 6.07 Å². The van der Waals surface area contributed by atoms with Crippen molar-refractivity contribution in [2.24, 2.45) is 0 Å². The molecule has 1 unspecified atom stereocenters. The van der Waals surface area contributed by atoms with Crippen LogP contribution in [-0.2, 0) is 0 Å². The summed E-state index contributed by atoms with van der Waals surface area (Å²) in [6.07, 6.45) is 0.548. The largest absolute Gasteiger partial charge is 0.493 e. The summed E-state index contributed by atoms with van der Waals surface area (Å²) in [5.74, 6) is 1.02. The molecule has 2 aromatic carbocycles. The van der Waals surface area contributed by atoms with Crippen LogP contribution in [0.4, 0.5) is 10.1 Å². The van der Waals surface area contributed by atoms with Gasteiger partial charge in [-0.1, -0.05) is 22.5 Å². The van der Waals surface area contributed by atoms with Crippen molar-refractivity contribution >= 4 is 21.6 Å². The Morgan fingerprint density at radius 2 is 1.84 bits per heavy atom. The molecular weight excluding hydrogens is 389 g/mol. The first-order chi connectivity index (χ1) is 12.0. The van der Waals surface area contributed by atoms with E-state index in [0.717, 1.165) is 21.4 Å². The van der Waals surface area contributed by atoms with Gasteiger partial charge in [0, 0.05) is 33.4 Å². The lowest BCUT2D eigenvalue weighted by Gasteiger charge is -2.31. The summed E-state index contributed by atoms with van der Waals surface area (Å²) in [4.78, 5) is 0. The Balaban J connectivity index is 2.29. The van der Waals surface area contributed by atoms with E-state index < -0.39 is 0 Å². The number of nitrogens with one attached hydrogen (secondary N) is 1. The van der Waals surface area contributed by atoms with Gasteiger partial charge in [-0.15, -0.1) is 0 Å². The van der Waals surface area contributed by atoms with Crippen molar-refractivity contribution in [3.8, 4) is 17.2 Å². The van der Waals surface area contributed by atoms with Crippen LogP contribution in [0, 0.1) is 5.82 Å². The summed E-state index contributed by atoms with van der Waals surface area (Å²) < 4.78 is 31.9. The van der Waals surface area contributed by atoms with Crippen molar-refractivity contribution in [1.29, 1.82) is 0 Å².